The number of aryl methyl sites for hydroxylation is 1. The van der Waals surface area contributed by atoms with Crippen LogP contribution in [0, 0.1) is 6.92 Å². The Morgan fingerprint density at radius 3 is 2.50 bits per heavy atom. The molecule has 0 spiro atoms. The van der Waals surface area contributed by atoms with Gasteiger partial charge in [0, 0.05) is 12.8 Å². The van der Waals surface area contributed by atoms with E-state index in [9.17, 15) is 9.59 Å². The molecule has 1 aliphatic rings. The fourth-order valence-corrected chi connectivity index (χ4v) is 2.27. The van der Waals surface area contributed by atoms with E-state index >= 15 is 0 Å². The Morgan fingerprint density at radius 2 is 1.86 bits per heavy atom. The van der Waals surface area contributed by atoms with Gasteiger partial charge in [-0.25, -0.2) is 9.59 Å². The lowest BCUT2D eigenvalue weighted by Crippen LogP contribution is -2.45. The van der Waals surface area contributed by atoms with Gasteiger partial charge in [-0.15, -0.1) is 0 Å². The molecule has 2 N–H and O–H groups in total. The van der Waals surface area contributed by atoms with E-state index < -0.39 is 12.0 Å². The highest BCUT2D eigenvalue weighted by atomic mass is 16.6. The highest BCUT2D eigenvalue weighted by Crippen LogP contribution is 2.27. The lowest BCUT2D eigenvalue weighted by molar-refractivity contribution is -0.140. The molecule has 22 heavy (non-hydrogen) atoms. The van der Waals surface area contributed by atoms with E-state index in [0.29, 0.717) is 17.9 Å². The fourth-order valence-electron chi connectivity index (χ4n) is 2.27. The fraction of sp³-hybridized carbons (Fsp3) is 0.375. The van der Waals surface area contributed by atoms with E-state index in [2.05, 4.69) is 10.6 Å². The number of amides is 2. The van der Waals surface area contributed by atoms with Gasteiger partial charge in [-0.2, -0.15) is 0 Å². The Labute approximate surface area is 129 Å². The second kappa shape index (κ2) is 7.09. The molecule has 1 unspecified atom stereocenters. The molecule has 118 valence electrons. The normalized spacial score (nSPS) is 17.8. The van der Waals surface area contributed by atoms with Crippen molar-refractivity contribution in [2.75, 3.05) is 20.3 Å². The first-order valence-corrected chi connectivity index (χ1v) is 7.04. The molecule has 0 fully saturated rings. The van der Waals surface area contributed by atoms with Gasteiger partial charge in [-0.05, 0) is 19.4 Å². The highest BCUT2D eigenvalue weighted by Gasteiger charge is 2.32. The molecule has 0 saturated carbocycles. The Bertz CT molecular complexity index is 593. The maximum absolute atomic E-state index is 12.3. The van der Waals surface area contributed by atoms with Crippen molar-refractivity contribution in [1.82, 2.24) is 10.6 Å². The van der Waals surface area contributed by atoms with E-state index in [1.165, 1.54) is 7.11 Å². The van der Waals surface area contributed by atoms with Gasteiger partial charge in [0.25, 0.3) is 0 Å². The Balaban J connectivity index is 2.28. The number of urea groups is 1. The number of methoxy groups -OCH3 is 1. The quantitative estimate of drug-likeness (QED) is 0.642. The zero-order chi connectivity index (χ0) is 16.1. The Hall–Kier alpha value is -2.34. The number of nitrogens with one attached hydrogen (secondary N) is 2. The van der Waals surface area contributed by atoms with Gasteiger partial charge >= 0.3 is 12.0 Å². The van der Waals surface area contributed by atoms with Gasteiger partial charge in [-0.3, -0.25) is 0 Å². The summed E-state index contributed by atoms with van der Waals surface area (Å²) in [7, 11) is 1.54. The highest BCUT2D eigenvalue weighted by molar-refractivity contribution is 5.95. The molecular weight excluding hydrogens is 284 g/mol. The number of allylic oxidation sites excluding steroid dienone is 1. The summed E-state index contributed by atoms with van der Waals surface area (Å²) in [6.45, 7) is 4.16. The molecule has 6 heteroatoms. The van der Waals surface area contributed by atoms with Crippen LogP contribution < -0.4 is 10.6 Å². The number of carbonyl (C=O) groups excluding carboxylic acids is 2. The van der Waals surface area contributed by atoms with Gasteiger partial charge in [0.15, 0.2) is 0 Å². The van der Waals surface area contributed by atoms with E-state index in [1.54, 1.807) is 6.92 Å². The van der Waals surface area contributed by atoms with Crippen molar-refractivity contribution in [1.29, 1.82) is 0 Å². The third-order valence-corrected chi connectivity index (χ3v) is 3.42. The minimum atomic E-state index is -0.524. The van der Waals surface area contributed by atoms with Crippen molar-refractivity contribution in [3.05, 3.63) is 46.7 Å². The first-order valence-electron chi connectivity index (χ1n) is 7.04. The third-order valence-electron chi connectivity index (χ3n) is 3.42. The smallest absolute Gasteiger partial charge is 0.338 e. The molecule has 0 aromatic heterocycles. The predicted octanol–water partition coefficient (Wildman–Crippen LogP) is 1.81. The molecule has 0 radical (unpaired) electrons. The third kappa shape index (κ3) is 3.65. The molecule has 6 nitrogen and oxygen atoms in total. The van der Waals surface area contributed by atoms with E-state index in [-0.39, 0.29) is 12.6 Å². The summed E-state index contributed by atoms with van der Waals surface area (Å²) in [6.07, 6.45) is 0. The SMILES string of the molecule is COCCOC(=O)C1=C(C)NC(=O)NC1c1ccc(C)cc1. The molecule has 0 bridgehead atoms. The summed E-state index contributed by atoms with van der Waals surface area (Å²) in [5.41, 5.74) is 2.84. The number of hydrogen-bond acceptors (Lipinski definition) is 4. The van der Waals surface area contributed by atoms with Crippen molar-refractivity contribution in [2.24, 2.45) is 0 Å². The number of esters is 1. The molecule has 0 saturated heterocycles. The maximum atomic E-state index is 12.3. The lowest BCUT2D eigenvalue weighted by Gasteiger charge is -2.28. The van der Waals surface area contributed by atoms with Gasteiger partial charge < -0.3 is 20.1 Å². The molecule has 2 rings (SSSR count). The van der Waals surface area contributed by atoms with Gasteiger partial charge in [0.05, 0.1) is 18.2 Å². The molecule has 1 heterocycles. The lowest BCUT2D eigenvalue weighted by atomic mass is 9.95. The summed E-state index contributed by atoms with van der Waals surface area (Å²) in [5, 5.41) is 5.37. The van der Waals surface area contributed by atoms with Crippen LogP contribution in [0.15, 0.2) is 35.5 Å². The van der Waals surface area contributed by atoms with E-state index in [1.807, 2.05) is 31.2 Å². The van der Waals surface area contributed by atoms with Crippen LogP contribution in [0.2, 0.25) is 0 Å². The van der Waals surface area contributed by atoms with Crippen molar-refractivity contribution in [3.63, 3.8) is 0 Å². The number of benzene rings is 1. The minimum Gasteiger partial charge on any atom is -0.460 e. The molecule has 1 aromatic carbocycles. The summed E-state index contributed by atoms with van der Waals surface area (Å²) in [6, 6.07) is 6.79. The summed E-state index contributed by atoms with van der Waals surface area (Å²) >= 11 is 0. The van der Waals surface area contributed by atoms with Crippen molar-refractivity contribution < 1.29 is 19.1 Å². The van der Waals surface area contributed by atoms with Crippen LogP contribution in [0.1, 0.15) is 24.1 Å². The number of ether oxygens (including phenoxy) is 2. The van der Waals surface area contributed by atoms with E-state index in [4.69, 9.17) is 9.47 Å². The molecule has 0 aliphatic carbocycles. The van der Waals surface area contributed by atoms with Crippen LogP contribution in [0.5, 0.6) is 0 Å². The zero-order valence-corrected chi connectivity index (χ0v) is 12.9. The van der Waals surface area contributed by atoms with Gasteiger partial charge in [0.2, 0.25) is 0 Å². The largest absolute Gasteiger partial charge is 0.460 e. The predicted molar refractivity (Wildman–Crippen MR) is 81.1 cm³/mol. The van der Waals surface area contributed by atoms with Crippen LogP contribution in [0.25, 0.3) is 0 Å². The van der Waals surface area contributed by atoms with Crippen molar-refractivity contribution in [2.45, 2.75) is 19.9 Å². The average molecular weight is 304 g/mol. The van der Waals surface area contributed by atoms with Crippen LogP contribution in [0.3, 0.4) is 0 Å². The van der Waals surface area contributed by atoms with Crippen LogP contribution >= 0.6 is 0 Å². The monoisotopic (exact) mass is 304 g/mol. The van der Waals surface area contributed by atoms with E-state index in [0.717, 1.165) is 11.1 Å². The number of rotatable bonds is 5. The first-order chi connectivity index (χ1) is 10.5. The van der Waals surface area contributed by atoms with Crippen LogP contribution in [0.4, 0.5) is 4.79 Å². The summed E-state index contributed by atoms with van der Waals surface area (Å²) in [4.78, 5) is 24.0. The first kappa shape index (κ1) is 16.0. The molecule has 1 aromatic rings. The topological polar surface area (TPSA) is 76.7 Å². The van der Waals surface area contributed by atoms with Crippen molar-refractivity contribution >= 4 is 12.0 Å². The standard InChI is InChI=1S/C16H20N2O4/c1-10-4-6-12(7-5-10)14-13(11(2)17-16(20)18-14)15(19)22-9-8-21-3/h4-7,14H,8-9H2,1-3H3,(H2,17,18,20). The molecule has 1 aliphatic heterocycles. The summed E-state index contributed by atoms with van der Waals surface area (Å²) in [5.74, 6) is -0.465. The van der Waals surface area contributed by atoms with Crippen LogP contribution in [-0.4, -0.2) is 32.3 Å². The van der Waals surface area contributed by atoms with Gasteiger partial charge in [-0.1, -0.05) is 29.8 Å². The second-order valence-corrected chi connectivity index (χ2v) is 5.11. The maximum Gasteiger partial charge on any atom is 0.338 e. The number of carbonyl (C=O) groups is 2. The van der Waals surface area contributed by atoms with Crippen LogP contribution in [-0.2, 0) is 14.3 Å². The second-order valence-electron chi connectivity index (χ2n) is 5.11. The zero-order valence-electron chi connectivity index (χ0n) is 12.9. The Kier molecular flexibility index (Phi) is 5.16. The Morgan fingerprint density at radius 1 is 1.18 bits per heavy atom. The van der Waals surface area contributed by atoms with Crippen molar-refractivity contribution in [3.8, 4) is 0 Å². The number of hydrogen-bond donors (Lipinski definition) is 2. The molecule has 1 atom stereocenters. The summed E-state index contributed by atoms with van der Waals surface area (Å²) < 4.78 is 10.1. The average Bonchev–Trinajstić information content (AvgIpc) is 2.47. The van der Waals surface area contributed by atoms with Gasteiger partial charge in [0.1, 0.15) is 6.61 Å². The molecular formula is C16H20N2O4. The molecule has 2 amide bonds. The minimum absolute atomic E-state index is 0.167.